The van der Waals surface area contributed by atoms with Gasteiger partial charge in [0, 0.05) is 31.2 Å². The molecule has 0 amide bonds. The van der Waals surface area contributed by atoms with Crippen molar-refractivity contribution >= 4 is 27.3 Å². The Balaban J connectivity index is 1.74. The monoisotopic (exact) mass is 303 g/mol. The Morgan fingerprint density at radius 2 is 2.19 bits per heavy atom. The maximum absolute atomic E-state index is 5.40. The molecule has 1 aromatic rings. The number of rotatable bonds is 4. The summed E-state index contributed by atoms with van der Waals surface area (Å²) < 4.78 is 6.61. The van der Waals surface area contributed by atoms with Crippen LogP contribution in [0.1, 0.15) is 24.6 Å². The molecule has 1 N–H and O–H groups in total. The Morgan fingerprint density at radius 1 is 1.44 bits per heavy atom. The second kappa shape index (κ2) is 5.63. The third kappa shape index (κ3) is 3.55. The molecule has 0 unspecified atom stereocenters. The van der Waals surface area contributed by atoms with Crippen molar-refractivity contribution in [2.45, 2.75) is 26.3 Å². The van der Waals surface area contributed by atoms with E-state index in [2.05, 4.69) is 40.3 Å². The van der Waals surface area contributed by atoms with Gasteiger partial charge in [-0.15, -0.1) is 11.3 Å². The minimum Gasteiger partial charge on any atom is -0.381 e. The van der Waals surface area contributed by atoms with Crippen molar-refractivity contribution in [2.75, 3.05) is 19.8 Å². The summed E-state index contributed by atoms with van der Waals surface area (Å²) in [5.74, 6) is 0. The van der Waals surface area contributed by atoms with E-state index in [1.807, 2.05) is 0 Å². The van der Waals surface area contributed by atoms with Crippen molar-refractivity contribution in [1.29, 1.82) is 0 Å². The van der Waals surface area contributed by atoms with Crippen LogP contribution in [0.25, 0.3) is 0 Å². The second-order valence-electron chi connectivity index (χ2n) is 4.73. The summed E-state index contributed by atoms with van der Waals surface area (Å²) in [6.45, 7) is 6.26. The average molecular weight is 304 g/mol. The third-order valence-corrected chi connectivity index (χ3v) is 4.80. The van der Waals surface area contributed by atoms with Crippen LogP contribution in [0.3, 0.4) is 0 Å². The number of ether oxygens (including phenoxy) is 1. The quantitative estimate of drug-likeness (QED) is 0.920. The van der Waals surface area contributed by atoms with E-state index in [4.69, 9.17) is 4.74 Å². The van der Waals surface area contributed by atoms with E-state index in [-0.39, 0.29) is 0 Å². The molecule has 1 aliphatic heterocycles. The molecule has 1 saturated heterocycles. The SMILES string of the molecule is CC1(CNCc2ccc(Br)s2)CCOCC1. The van der Waals surface area contributed by atoms with Crippen LogP contribution in [0.5, 0.6) is 0 Å². The molecule has 0 aliphatic carbocycles. The van der Waals surface area contributed by atoms with Crippen LogP contribution in [0, 0.1) is 5.41 Å². The first-order chi connectivity index (χ1) is 7.68. The van der Waals surface area contributed by atoms with Crippen molar-refractivity contribution in [3.8, 4) is 0 Å². The number of hydrogen-bond donors (Lipinski definition) is 1. The number of thiophene rings is 1. The Morgan fingerprint density at radius 3 is 2.81 bits per heavy atom. The molecule has 2 rings (SSSR count). The van der Waals surface area contributed by atoms with E-state index in [9.17, 15) is 0 Å². The fourth-order valence-corrected chi connectivity index (χ4v) is 3.43. The molecule has 0 bridgehead atoms. The van der Waals surface area contributed by atoms with Crippen LogP contribution >= 0.6 is 27.3 Å². The maximum atomic E-state index is 5.40. The van der Waals surface area contributed by atoms with Gasteiger partial charge >= 0.3 is 0 Å². The summed E-state index contributed by atoms with van der Waals surface area (Å²) in [7, 11) is 0. The van der Waals surface area contributed by atoms with E-state index in [0.29, 0.717) is 5.41 Å². The Hall–Kier alpha value is 0.1000. The zero-order valence-electron chi connectivity index (χ0n) is 9.59. The molecule has 0 spiro atoms. The fourth-order valence-electron chi connectivity index (χ4n) is 1.98. The summed E-state index contributed by atoms with van der Waals surface area (Å²) in [4.78, 5) is 1.39. The van der Waals surface area contributed by atoms with Gasteiger partial charge in [0.1, 0.15) is 0 Å². The lowest BCUT2D eigenvalue weighted by molar-refractivity contribution is 0.0240. The lowest BCUT2D eigenvalue weighted by atomic mass is 9.82. The van der Waals surface area contributed by atoms with E-state index < -0.39 is 0 Å². The first-order valence-corrected chi connectivity index (χ1v) is 7.32. The molecular formula is C12H18BrNOS. The lowest BCUT2D eigenvalue weighted by Gasteiger charge is -2.33. The van der Waals surface area contributed by atoms with Crippen LogP contribution < -0.4 is 5.32 Å². The fraction of sp³-hybridized carbons (Fsp3) is 0.667. The molecule has 90 valence electrons. The summed E-state index contributed by atoms with van der Waals surface area (Å²) in [5.41, 5.74) is 0.423. The highest BCUT2D eigenvalue weighted by atomic mass is 79.9. The molecule has 0 aromatic carbocycles. The zero-order valence-corrected chi connectivity index (χ0v) is 12.0. The van der Waals surface area contributed by atoms with Crippen LogP contribution in [0.2, 0.25) is 0 Å². The smallest absolute Gasteiger partial charge is 0.0701 e. The summed E-state index contributed by atoms with van der Waals surface area (Å²) in [6, 6.07) is 4.28. The van der Waals surface area contributed by atoms with Crippen molar-refractivity contribution in [3.05, 3.63) is 20.8 Å². The van der Waals surface area contributed by atoms with E-state index in [0.717, 1.165) is 26.3 Å². The van der Waals surface area contributed by atoms with Gasteiger partial charge < -0.3 is 10.1 Å². The van der Waals surface area contributed by atoms with Crippen LogP contribution in [0.15, 0.2) is 15.9 Å². The van der Waals surface area contributed by atoms with Gasteiger partial charge in [-0.05, 0) is 46.3 Å². The molecule has 2 nitrogen and oxygen atoms in total. The van der Waals surface area contributed by atoms with Gasteiger partial charge in [-0.2, -0.15) is 0 Å². The number of nitrogens with one attached hydrogen (secondary N) is 1. The van der Waals surface area contributed by atoms with Crippen LogP contribution in [0.4, 0.5) is 0 Å². The summed E-state index contributed by atoms with van der Waals surface area (Å²) in [5, 5.41) is 3.56. The van der Waals surface area contributed by atoms with Gasteiger partial charge in [-0.3, -0.25) is 0 Å². The molecule has 2 heterocycles. The lowest BCUT2D eigenvalue weighted by Crippen LogP contribution is -2.36. The normalized spacial score (nSPS) is 19.9. The van der Waals surface area contributed by atoms with Crippen molar-refractivity contribution < 1.29 is 4.74 Å². The van der Waals surface area contributed by atoms with E-state index in [1.165, 1.54) is 21.5 Å². The minimum absolute atomic E-state index is 0.423. The average Bonchev–Trinajstić information content (AvgIpc) is 2.65. The molecule has 1 aliphatic rings. The topological polar surface area (TPSA) is 21.3 Å². The Labute approximate surface area is 110 Å². The Kier molecular flexibility index (Phi) is 4.41. The summed E-state index contributed by atoms with van der Waals surface area (Å²) >= 11 is 5.29. The van der Waals surface area contributed by atoms with Crippen LogP contribution in [-0.2, 0) is 11.3 Å². The van der Waals surface area contributed by atoms with Crippen LogP contribution in [-0.4, -0.2) is 19.8 Å². The third-order valence-electron chi connectivity index (χ3n) is 3.18. The van der Waals surface area contributed by atoms with Crippen molar-refractivity contribution in [3.63, 3.8) is 0 Å². The molecule has 0 radical (unpaired) electrons. The van der Waals surface area contributed by atoms with Gasteiger partial charge in [0.05, 0.1) is 3.79 Å². The van der Waals surface area contributed by atoms with Crippen molar-refractivity contribution in [2.24, 2.45) is 5.41 Å². The van der Waals surface area contributed by atoms with Gasteiger partial charge in [0.2, 0.25) is 0 Å². The highest BCUT2D eigenvalue weighted by Gasteiger charge is 2.26. The number of halogens is 1. The van der Waals surface area contributed by atoms with Gasteiger partial charge in [-0.25, -0.2) is 0 Å². The largest absolute Gasteiger partial charge is 0.381 e. The van der Waals surface area contributed by atoms with Crippen molar-refractivity contribution in [1.82, 2.24) is 5.32 Å². The van der Waals surface area contributed by atoms with E-state index >= 15 is 0 Å². The molecule has 16 heavy (non-hydrogen) atoms. The first-order valence-electron chi connectivity index (χ1n) is 5.71. The minimum atomic E-state index is 0.423. The molecule has 1 aromatic heterocycles. The molecule has 1 fully saturated rings. The van der Waals surface area contributed by atoms with Gasteiger partial charge in [-0.1, -0.05) is 6.92 Å². The second-order valence-corrected chi connectivity index (χ2v) is 7.28. The highest BCUT2D eigenvalue weighted by Crippen LogP contribution is 2.29. The maximum Gasteiger partial charge on any atom is 0.0701 e. The molecule has 0 atom stereocenters. The highest BCUT2D eigenvalue weighted by molar-refractivity contribution is 9.11. The standard InChI is InChI=1S/C12H18BrNOS/c1-12(4-6-15-7-5-12)9-14-8-10-2-3-11(13)16-10/h2-3,14H,4-9H2,1H3. The summed E-state index contributed by atoms with van der Waals surface area (Å²) in [6.07, 6.45) is 2.35. The molecule has 0 saturated carbocycles. The molecule has 4 heteroatoms. The van der Waals surface area contributed by atoms with Gasteiger partial charge in [0.25, 0.3) is 0 Å². The predicted molar refractivity (Wildman–Crippen MR) is 71.9 cm³/mol. The predicted octanol–water partition coefficient (Wildman–Crippen LogP) is 3.42. The van der Waals surface area contributed by atoms with E-state index in [1.54, 1.807) is 11.3 Å². The first kappa shape index (κ1) is 12.6. The zero-order chi connectivity index (χ0) is 11.4. The Bertz CT molecular complexity index is 334. The van der Waals surface area contributed by atoms with Gasteiger partial charge in [0.15, 0.2) is 0 Å². The number of hydrogen-bond acceptors (Lipinski definition) is 3. The molecular weight excluding hydrogens is 286 g/mol.